The quantitative estimate of drug-likeness (QED) is 0.879. The molecule has 1 aromatic heterocycles. The topological polar surface area (TPSA) is 56.3 Å². The van der Waals surface area contributed by atoms with Gasteiger partial charge in [0, 0.05) is 29.7 Å². The van der Waals surface area contributed by atoms with E-state index in [1.165, 1.54) is 5.56 Å². The highest BCUT2D eigenvalue weighted by Gasteiger charge is 2.22. The van der Waals surface area contributed by atoms with Crippen LogP contribution in [0.15, 0.2) is 16.6 Å². The summed E-state index contributed by atoms with van der Waals surface area (Å²) in [6.07, 6.45) is 0. The van der Waals surface area contributed by atoms with Gasteiger partial charge in [-0.15, -0.1) is 0 Å². The van der Waals surface area contributed by atoms with Gasteiger partial charge < -0.3 is 14.8 Å². The fourth-order valence-electron chi connectivity index (χ4n) is 2.48. The lowest BCUT2D eigenvalue weighted by Gasteiger charge is -2.10. The van der Waals surface area contributed by atoms with Gasteiger partial charge in [-0.3, -0.25) is 0 Å². The van der Waals surface area contributed by atoms with Crippen LogP contribution in [0, 0.1) is 0 Å². The van der Waals surface area contributed by atoms with E-state index in [0.29, 0.717) is 5.82 Å². The lowest BCUT2D eigenvalue weighted by Crippen LogP contribution is -2.03. The van der Waals surface area contributed by atoms with Crippen molar-refractivity contribution < 1.29 is 9.47 Å². The summed E-state index contributed by atoms with van der Waals surface area (Å²) in [5.41, 5.74) is 3.25. The van der Waals surface area contributed by atoms with Crippen LogP contribution < -0.4 is 14.8 Å². The first-order chi connectivity index (χ1) is 10.3. The van der Waals surface area contributed by atoms with E-state index in [2.05, 4.69) is 26.2 Å². The maximum absolute atomic E-state index is 5.46. The van der Waals surface area contributed by atoms with Crippen LogP contribution in [0.5, 0.6) is 11.5 Å². The van der Waals surface area contributed by atoms with Crippen LogP contribution in [0.3, 0.4) is 0 Å². The van der Waals surface area contributed by atoms with Gasteiger partial charge in [-0.25, -0.2) is 9.97 Å². The van der Waals surface area contributed by atoms with Crippen molar-refractivity contribution in [2.45, 2.75) is 11.5 Å². The maximum Gasteiger partial charge on any atom is 0.231 e. The Hall–Kier alpha value is -1.47. The molecule has 1 aromatic carbocycles. The number of thioether (sulfide) groups is 1. The number of aromatic nitrogens is 2. The Morgan fingerprint density at radius 3 is 3.00 bits per heavy atom. The average molecular weight is 366 g/mol. The zero-order valence-electron chi connectivity index (χ0n) is 11.3. The molecule has 0 fully saturated rings. The van der Waals surface area contributed by atoms with Crippen LogP contribution in [0.2, 0.25) is 0 Å². The second-order valence-corrected chi connectivity index (χ2v) is 6.60. The fraction of sp³-hybridized carbons (Fsp3) is 0.286. The predicted octanol–water partition coefficient (Wildman–Crippen LogP) is 3.42. The lowest BCUT2D eigenvalue weighted by atomic mass is 10.1. The summed E-state index contributed by atoms with van der Waals surface area (Å²) in [4.78, 5) is 9.36. The summed E-state index contributed by atoms with van der Waals surface area (Å²) in [5, 5.41) is 3.17. The van der Waals surface area contributed by atoms with Gasteiger partial charge in [-0.05, 0) is 28.1 Å². The number of hydrogen-bond acceptors (Lipinski definition) is 6. The van der Waals surface area contributed by atoms with E-state index in [1.807, 2.05) is 30.9 Å². The smallest absolute Gasteiger partial charge is 0.231 e. The van der Waals surface area contributed by atoms with Gasteiger partial charge in [-0.2, -0.15) is 11.8 Å². The molecule has 0 unspecified atom stereocenters. The normalized spacial score (nSPS) is 15.1. The van der Waals surface area contributed by atoms with Gasteiger partial charge in [0.2, 0.25) is 6.79 Å². The van der Waals surface area contributed by atoms with Gasteiger partial charge in [0.1, 0.15) is 5.82 Å². The Bertz CT molecular complexity index is 739. The molecule has 108 valence electrons. The molecule has 1 N–H and O–H groups in total. The number of rotatable bonds is 2. The van der Waals surface area contributed by atoms with E-state index >= 15 is 0 Å². The highest BCUT2D eigenvalue weighted by atomic mass is 79.9. The van der Waals surface area contributed by atoms with Crippen molar-refractivity contribution in [3.8, 4) is 22.9 Å². The van der Waals surface area contributed by atoms with Gasteiger partial charge >= 0.3 is 0 Å². The number of halogens is 1. The molecule has 0 aliphatic carbocycles. The summed E-state index contributed by atoms with van der Waals surface area (Å²) >= 11 is 5.38. The number of benzene rings is 1. The number of ether oxygens (including phenoxy) is 2. The number of nitrogens with one attached hydrogen (secondary N) is 1. The molecule has 2 aliphatic heterocycles. The van der Waals surface area contributed by atoms with Crippen molar-refractivity contribution in [2.24, 2.45) is 0 Å². The molecule has 7 heteroatoms. The zero-order chi connectivity index (χ0) is 14.4. The van der Waals surface area contributed by atoms with Crippen molar-refractivity contribution >= 4 is 33.5 Å². The maximum atomic E-state index is 5.46. The third-order valence-electron chi connectivity index (χ3n) is 3.50. The van der Waals surface area contributed by atoms with E-state index in [0.717, 1.165) is 44.6 Å². The lowest BCUT2D eigenvalue weighted by molar-refractivity contribution is 0.173. The first kappa shape index (κ1) is 13.2. The Kier molecular flexibility index (Phi) is 3.19. The molecule has 0 saturated carbocycles. The molecule has 21 heavy (non-hydrogen) atoms. The van der Waals surface area contributed by atoms with Gasteiger partial charge in [0.25, 0.3) is 0 Å². The van der Waals surface area contributed by atoms with E-state index in [9.17, 15) is 0 Å². The standard InChI is InChI=1S/C14H12BrN3O2S/c1-16-14-8-4-21-5-10(8)17-13(18-14)7-2-9(15)12-11(3-7)19-6-20-12/h2-3H,4-6H2,1H3,(H,16,17,18). The first-order valence-corrected chi connectivity index (χ1v) is 8.46. The van der Waals surface area contributed by atoms with Crippen LogP contribution in [-0.4, -0.2) is 23.8 Å². The van der Waals surface area contributed by atoms with Crippen molar-refractivity contribution in [1.29, 1.82) is 0 Å². The third-order valence-corrected chi connectivity index (χ3v) is 5.06. The minimum atomic E-state index is 0.251. The summed E-state index contributed by atoms with van der Waals surface area (Å²) in [7, 11) is 1.89. The highest BCUT2D eigenvalue weighted by molar-refractivity contribution is 9.10. The van der Waals surface area contributed by atoms with Crippen LogP contribution in [0.25, 0.3) is 11.4 Å². The first-order valence-electron chi connectivity index (χ1n) is 6.51. The highest BCUT2D eigenvalue weighted by Crippen LogP contribution is 2.42. The molecular formula is C14H12BrN3O2S. The summed E-state index contributed by atoms with van der Waals surface area (Å²) < 4.78 is 11.7. The second-order valence-electron chi connectivity index (χ2n) is 4.76. The fourth-order valence-corrected chi connectivity index (χ4v) is 4.08. The Morgan fingerprint density at radius 1 is 1.24 bits per heavy atom. The molecule has 0 atom stereocenters. The van der Waals surface area contributed by atoms with Crippen molar-refractivity contribution in [3.05, 3.63) is 27.9 Å². The van der Waals surface area contributed by atoms with E-state index in [-0.39, 0.29) is 6.79 Å². The molecule has 2 aliphatic rings. The number of nitrogens with zero attached hydrogens (tertiary/aromatic N) is 2. The molecule has 4 rings (SSSR count). The molecule has 2 aromatic rings. The molecule has 0 saturated heterocycles. The summed E-state index contributed by atoms with van der Waals surface area (Å²) in [6.45, 7) is 0.251. The molecule has 5 nitrogen and oxygen atoms in total. The minimum absolute atomic E-state index is 0.251. The van der Waals surface area contributed by atoms with Crippen molar-refractivity contribution in [2.75, 3.05) is 19.2 Å². The van der Waals surface area contributed by atoms with Gasteiger partial charge in [0.15, 0.2) is 17.3 Å². The van der Waals surface area contributed by atoms with Crippen LogP contribution in [0.4, 0.5) is 5.82 Å². The largest absolute Gasteiger partial charge is 0.454 e. The van der Waals surface area contributed by atoms with Crippen molar-refractivity contribution in [3.63, 3.8) is 0 Å². The molecule has 3 heterocycles. The molecule has 0 bridgehead atoms. The van der Waals surface area contributed by atoms with E-state index in [1.54, 1.807) is 0 Å². The van der Waals surface area contributed by atoms with Crippen LogP contribution in [-0.2, 0) is 11.5 Å². The Labute approximate surface area is 134 Å². The van der Waals surface area contributed by atoms with Gasteiger partial charge in [0.05, 0.1) is 10.2 Å². The van der Waals surface area contributed by atoms with Gasteiger partial charge in [-0.1, -0.05) is 0 Å². The molecular weight excluding hydrogens is 354 g/mol. The van der Waals surface area contributed by atoms with E-state index < -0.39 is 0 Å². The SMILES string of the molecule is CNc1nc(-c2cc(Br)c3c(c2)OCO3)nc2c1CSC2. The third kappa shape index (κ3) is 2.15. The number of fused-ring (bicyclic) bond motifs is 2. The Balaban J connectivity index is 1.86. The molecule has 0 spiro atoms. The van der Waals surface area contributed by atoms with E-state index in [4.69, 9.17) is 14.5 Å². The van der Waals surface area contributed by atoms with Crippen molar-refractivity contribution in [1.82, 2.24) is 9.97 Å². The minimum Gasteiger partial charge on any atom is -0.454 e. The average Bonchev–Trinajstić information content (AvgIpc) is 3.14. The Morgan fingerprint density at radius 2 is 2.14 bits per heavy atom. The number of anilines is 1. The zero-order valence-corrected chi connectivity index (χ0v) is 13.7. The summed E-state index contributed by atoms with van der Waals surface area (Å²) in [6, 6.07) is 3.90. The molecule has 0 radical (unpaired) electrons. The predicted molar refractivity (Wildman–Crippen MR) is 85.8 cm³/mol. The van der Waals surface area contributed by atoms with Crippen LogP contribution >= 0.6 is 27.7 Å². The summed E-state index contributed by atoms with van der Waals surface area (Å²) in [5.74, 6) is 4.99. The monoisotopic (exact) mass is 365 g/mol. The number of hydrogen-bond donors (Lipinski definition) is 1. The molecule has 0 amide bonds. The van der Waals surface area contributed by atoms with Crippen LogP contribution in [0.1, 0.15) is 11.3 Å². The second kappa shape index (κ2) is 5.06.